The number of hydrogen-bond acceptors (Lipinski definition) is 7. The van der Waals surface area contributed by atoms with Gasteiger partial charge >= 0.3 is 6.09 Å². The number of rotatable bonds is 7. The molecule has 0 bridgehead atoms. The van der Waals surface area contributed by atoms with Crippen LogP contribution in [-0.2, 0) is 18.3 Å². The van der Waals surface area contributed by atoms with Crippen molar-refractivity contribution in [1.82, 2.24) is 24.6 Å². The lowest BCUT2D eigenvalue weighted by Crippen LogP contribution is -2.27. The summed E-state index contributed by atoms with van der Waals surface area (Å²) in [7, 11) is 2.71. The predicted molar refractivity (Wildman–Crippen MR) is 150 cm³/mol. The van der Waals surface area contributed by atoms with Gasteiger partial charge in [-0.2, -0.15) is 14.2 Å². The minimum absolute atomic E-state index is 0.0612. The molecule has 220 valence electrons. The van der Waals surface area contributed by atoms with Gasteiger partial charge in [-0.25, -0.2) is 14.2 Å². The van der Waals surface area contributed by atoms with E-state index in [4.69, 9.17) is 21.1 Å². The largest absolute Gasteiger partial charge is 0.494 e. The molecular formula is C28H27ClF2N6O5. The number of halogens is 3. The van der Waals surface area contributed by atoms with E-state index in [1.165, 1.54) is 67.6 Å². The third-order valence-electron chi connectivity index (χ3n) is 5.88. The highest BCUT2D eigenvalue weighted by Gasteiger charge is 2.22. The molecule has 0 unspecified atom stereocenters. The third-order valence-corrected chi connectivity index (χ3v) is 6.19. The smallest absolute Gasteiger partial charge is 0.435 e. The molecule has 0 aliphatic carbocycles. The first-order valence-electron chi connectivity index (χ1n) is 12.5. The van der Waals surface area contributed by atoms with Gasteiger partial charge in [-0.05, 0) is 51.1 Å². The summed E-state index contributed by atoms with van der Waals surface area (Å²) in [4.78, 5) is 41.8. The van der Waals surface area contributed by atoms with E-state index in [1.807, 2.05) is 0 Å². The molecule has 2 aromatic carbocycles. The molecule has 2 N–H and O–H groups in total. The molecule has 4 rings (SSSR count). The van der Waals surface area contributed by atoms with Crippen molar-refractivity contribution in [3.05, 3.63) is 82.5 Å². The van der Waals surface area contributed by atoms with E-state index in [0.717, 1.165) is 4.68 Å². The van der Waals surface area contributed by atoms with E-state index in [9.17, 15) is 23.2 Å². The second kappa shape index (κ2) is 12.0. The lowest BCUT2D eigenvalue weighted by molar-refractivity contribution is 0.0514. The summed E-state index contributed by atoms with van der Waals surface area (Å²) in [5.41, 5.74) is 0.356. The number of nitrogens with one attached hydrogen (secondary N) is 2. The molecule has 0 fully saturated rings. The summed E-state index contributed by atoms with van der Waals surface area (Å²) in [5.74, 6) is -3.76. The predicted octanol–water partition coefficient (Wildman–Crippen LogP) is 5.19. The van der Waals surface area contributed by atoms with Crippen LogP contribution in [0, 0.1) is 11.6 Å². The average molecular weight is 601 g/mol. The molecular weight excluding hydrogens is 574 g/mol. The first-order valence-corrected chi connectivity index (χ1v) is 12.9. The number of carbonyl (C=O) groups excluding carboxylic acids is 3. The van der Waals surface area contributed by atoms with Crippen molar-refractivity contribution < 1.29 is 32.6 Å². The second-order valence-corrected chi connectivity index (χ2v) is 10.5. The van der Waals surface area contributed by atoms with Gasteiger partial charge in [0.15, 0.2) is 17.4 Å². The molecule has 42 heavy (non-hydrogen) atoms. The molecule has 0 aliphatic heterocycles. The fourth-order valence-electron chi connectivity index (χ4n) is 3.86. The van der Waals surface area contributed by atoms with Crippen LogP contribution in [0.3, 0.4) is 0 Å². The summed E-state index contributed by atoms with van der Waals surface area (Å²) in [6, 6.07) is 6.89. The Balaban J connectivity index is 1.40. The van der Waals surface area contributed by atoms with Gasteiger partial charge in [0.2, 0.25) is 5.82 Å². The lowest BCUT2D eigenvalue weighted by Gasteiger charge is -2.18. The fourth-order valence-corrected chi connectivity index (χ4v) is 4.13. The van der Waals surface area contributed by atoms with Gasteiger partial charge in [-0.3, -0.25) is 9.59 Å². The Labute approximate surface area is 244 Å². The summed E-state index contributed by atoms with van der Waals surface area (Å²) in [6.07, 6.45) is 3.46. The Morgan fingerprint density at radius 1 is 1.05 bits per heavy atom. The van der Waals surface area contributed by atoms with Crippen LogP contribution in [-0.4, -0.2) is 50.0 Å². The summed E-state index contributed by atoms with van der Waals surface area (Å²) >= 11 is 6.32. The Hall–Kier alpha value is -4.78. The molecule has 11 nitrogen and oxygen atoms in total. The molecule has 0 radical (unpaired) electrons. The number of anilines is 1. The monoisotopic (exact) mass is 600 g/mol. The van der Waals surface area contributed by atoms with Crippen molar-refractivity contribution in [1.29, 1.82) is 0 Å². The van der Waals surface area contributed by atoms with E-state index < -0.39 is 35.1 Å². The van der Waals surface area contributed by atoms with Crippen LogP contribution in [0.2, 0.25) is 5.02 Å². The maximum Gasteiger partial charge on any atom is 0.435 e. The highest BCUT2D eigenvalue weighted by Crippen LogP contribution is 2.30. The van der Waals surface area contributed by atoms with Crippen molar-refractivity contribution >= 4 is 35.2 Å². The number of nitrogens with zero attached hydrogens (tertiary/aromatic N) is 4. The zero-order chi connectivity index (χ0) is 30.8. The van der Waals surface area contributed by atoms with Gasteiger partial charge in [0, 0.05) is 36.6 Å². The van der Waals surface area contributed by atoms with E-state index in [-0.39, 0.29) is 45.6 Å². The zero-order valence-corrected chi connectivity index (χ0v) is 24.0. The highest BCUT2D eigenvalue weighted by atomic mass is 35.5. The maximum absolute atomic E-state index is 14.6. The SMILES string of the molecule is COc1ccc(-c2cnc(C(=O)Nc3ccc(C(=O)NCc4cnn(C(=O)OC(C)(C)C)c4)c(Cl)c3)n2C)c(F)c1F. The van der Waals surface area contributed by atoms with Gasteiger partial charge in [-0.15, -0.1) is 0 Å². The molecule has 2 heterocycles. The Morgan fingerprint density at radius 2 is 1.79 bits per heavy atom. The van der Waals surface area contributed by atoms with Gasteiger partial charge in [0.25, 0.3) is 11.8 Å². The summed E-state index contributed by atoms with van der Waals surface area (Å²) < 4.78 is 41.2. The number of benzene rings is 2. The number of aromatic nitrogens is 4. The lowest BCUT2D eigenvalue weighted by atomic mass is 10.1. The van der Waals surface area contributed by atoms with Crippen LogP contribution in [0.4, 0.5) is 19.3 Å². The molecule has 14 heteroatoms. The Kier molecular flexibility index (Phi) is 8.62. The van der Waals surface area contributed by atoms with E-state index in [2.05, 4.69) is 20.7 Å². The highest BCUT2D eigenvalue weighted by molar-refractivity contribution is 6.34. The number of carbonyl (C=O) groups is 3. The van der Waals surface area contributed by atoms with Crippen molar-refractivity contribution in [3.8, 4) is 17.0 Å². The first kappa shape index (κ1) is 30.2. The van der Waals surface area contributed by atoms with E-state index >= 15 is 0 Å². The summed E-state index contributed by atoms with van der Waals surface area (Å²) in [5, 5.41) is 9.32. The van der Waals surface area contributed by atoms with E-state index in [1.54, 1.807) is 20.8 Å². The van der Waals surface area contributed by atoms with Crippen molar-refractivity contribution in [2.75, 3.05) is 12.4 Å². The molecule has 0 saturated carbocycles. The number of hydrogen-bond donors (Lipinski definition) is 2. The number of imidazole rings is 1. The van der Waals surface area contributed by atoms with Crippen LogP contribution in [0.5, 0.6) is 5.75 Å². The third kappa shape index (κ3) is 6.57. The van der Waals surface area contributed by atoms with Crippen LogP contribution >= 0.6 is 11.6 Å². The quantitative estimate of drug-likeness (QED) is 0.299. The fraction of sp³-hybridized carbons (Fsp3) is 0.250. The number of amides is 2. The minimum atomic E-state index is -1.16. The van der Waals surface area contributed by atoms with Crippen LogP contribution in [0.25, 0.3) is 11.3 Å². The Morgan fingerprint density at radius 3 is 2.45 bits per heavy atom. The Bertz CT molecular complexity index is 1680. The normalized spacial score (nSPS) is 11.2. The second-order valence-electron chi connectivity index (χ2n) is 10.1. The first-order chi connectivity index (χ1) is 19.8. The van der Waals surface area contributed by atoms with Gasteiger partial charge < -0.3 is 24.7 Å². The molecule has 0 spiro atoms. The maximum atomic E-state index is 14.6. The minimum Gasteiger partial charge on any atom is -0.494 e. The van der Waals surface area contributed by atoms with Crippen molar-refractivity contribution in [2.24, 2.45) is 7.05 Å². The molecule has 2 amide bonds. The van der Waals surface area contributed by atoms with E-state index in [0.29, 0.717) is 5.56 Å². The van der Waals surface area contributed by atoms with Gasteiger partial charge in [-0.1, -0.05) is 11.6 Å². The average Bonchev–Trinajstić information content (AvgIpc) is 3.55. The van der Waals surface area contributed by atoms with Crippen molar-refractivity contribution in [2.45, 2.75) is 32.9 Å². The molecule has 0 saturated heterocycles. The zero-order valence-electron chi connectivity index (χ0n) is 23.3. The van der Waals surface area contributed by atoms with Gasteiger partial charge in [0.05, 0.1) is 35.8 Å². The summed E-state index contributed by atoms with van der Waals surface area (Å²) in [6.45, 7) is 5.27. The molecule has 0 aliphatic rings. The van der Waals surface area contributed by atoms with Crippen LogP contribution < -0.4 is 15.4 Å². The van der Waals surface area contributed by atoms with Gasteiger partial charge in [0.1, 0.15) is 5.60 Å². The molecule has 0 atom stereocenters. The molecule has 2 aromatic heterocycles. The standard InChI is InChI=1S/C28H27ClF2N6O5/c1-28(2,3)42-27(40)37-14-15(12-34-37)11-33-25(38)17-7-6-16(10-19(17)29)35-26(39)24-32-13-20(36(24)4)18-8-9-21(41-5)23(31)22(18)30/h6-10,12-14H,11H2,1-5H3,(H,33,38)(H,35,39). The topological polar surface area (TPSA) is 129 Å². The molecule has 4 aromatic rings. The number of methoxy groups -OCH3 is 1. The number of ether oxygens (including phenoxy) is 2. The van der Waals surface area contributed by atoms with Crippen LogP contribution in [0.15, 0.2) is 48.9 Å². The van der Waals surface area contributed by atoms with Crippen molar-refractivity contribution in [3.63, 3.8) is 0 Å². The van der Waals surface area contributed by atoms with Crippen LogP contribution in [0.1, 0.15) is 47.3 Å².